The van der Waals surface area contributed by atoms with Crippen molar-refractivity contribution in [3.8, 4) is 0 Å². The second-order valence-electron chi connectivity index (χ2n) is 6.62. The molecule has 2 aromatic rings. The van der Waals surface area contributed by atoms with Gasteiger partial charge in [0.05, 0.1) is 23.2 Å². The number of hydrogen-bond acceptors (Lipinski definition) is 4. The summed E-state index contributed by atoms with van der Waals surface area (Å²) < 4.78 is 13.2. The number of piperidine rings is 1. The average Bonchev–Trinajstić information content (AvgIpc) is 2.69. The maximum atomic E-state index is 13.2. The van der Waals surface area contributed by atoms with Gasteiger partial charge in [0.2, 0.25) is 5.91 Å². The summed E-state index contributed by atoms with van der Waals surface area (Å²) in [5, 5.41) is 15.3. The van der Waals surface area contributed by atoms with E-state index in [0.717, 1.165) is 6.42 Å². The fourth-order valence-corrected chi connectivity index (χ4v) is 3.27. The zero-order valence-electron chi connectivity index (χ0n) is 15.1. The first-order valence-electron chi connectivity index (χ1n) is 8.99. The first-order valence-corrected chi connectivity index (χ1v) is 9.37. The third-order valence-corrected chi connectivity index (χ3v) is 4.77. The summed E-state index contributed by atoms with van der Waals surface area (Å²) in [6.07, 6.45) is 0.939. The Kier molecular flexibility index (Phi) is 6.49. The van der Waals surface area contributed by atoms with Crippen molar-refractivity contribution in [1.29, 1.82) is 0 Å². The van der Waals surface area contributed by atoms with Gasteiger partial charge in [0.15, 0.2) is 0 Å². The quantitative estimate of drug-likeness (QED) is 0.713. The van der Waals surface area contributed by atoms with Crippen LogP contribution in [0.4, 0.5) is 15.8 Å². The summed E-state index contributed by atoms with van der Waals surface area (Å²) >= 11 is 5.71. The molecule has 1 atom stereocenters. The Morgan fingerprint density at radius 1 is 1.25 bits per heavy atom. The third-order valence-electron chi connectivity index (χ3n) is 4.48. The third kappa shape index (κ3) is 4.99. The SMILES string of the molecule is O=C(CNc1ccccc1C(=O)N1CCCC(O)C1)Nc1ccc(F)c(Cl)c1. The molecule has 2 aromatic carbocycles. The van der Waals surface area contributed by atoms with Gasteiger partial charge in [-0.15, -0.1) is 0 Å². The summed E-state index contributed by atoms with van der Waals surface area (Å²) in [6.45, 7) is 0.816. The van der Waals surface area contributed by atoms with E-state index in [9.17, 15) is 19.1 Å². The number of nitrogens with zero attached hydrogens (tertiary/aromatic N) is 1. The highest BCUT2D eigenvalue weighted by molar-refractivity contribution is 6.31. The Bertz CT molecular complexity index is 878. The van der Waals surface area contributed by atoms with Gasteiger partial charge in [0, 0.05) is 24.5 Å². The molecule has 3 N–H and O–H groups in total. The lowest BCUT2D eigenvalue weighted by molar-refractivity contribution is -0.114. The number of aliphatic hydroxyl groups excluding tert-OH is 1. The average molecular weight is 406 g/mol. The summed E-state index contributed by atoms with van der Waals surface area (Å²) in [5.41, 5.74) is 1.35. The van der Waals surface area contributed by atoms with Crippen molar-refractivity contribution in [3.05, 3.63) is 58.9 Å². The number of hydrogen-bond donors (Lipinski definition) is 3. The Balaban J connectivity index is 1.63. The van der Waals surface area contributed by atoms with E-state index in [-0.39, 0.29) is 23.4 Å². The first kappa shape index (κ1) is 20.1. The van der Waals surface area contributed by atoms with Gasteiger partial charge in [-0.2, -0.15) is 0 Å². The van der Waals surface area contributed by atoms with E-state index in [0.29, 0.717) is 36.4 Å². The molecule has 1 fully saturated rings. The van der Waals surface area contributed by atoms with Crippen molar-refractivity contribution in [2.24, 2.45) is 0 Å². The number of carbonyl (C=O) groups is 2. The van der Waals surface area contributed by atoms with Crippen molar-refractivity contribution < 1.29 is 19.1 Å². The van der Waals surface area contributed by atoms with E-state index >= 15 is 0 Å². The van der Waals surface area contributed by atoms with Crippen LogP contribution in [-0.2, 0) is 4.79 Å². The number of benzene rings is 2. The van der Waals surface area contributed by atoms with Crippen LogP contribution in [0.3, 0.4) is 0 Å². The molecule has 148 valence electrons. The van der Waals surface area contributed by atoms with Crippen LogP contribution in [-0.4, -0.2) is 47.6 Å². The molecule has 1 saturated heterocycles. The van der Waals surface area contributed by atoms with Gasteiger partial charge in [-0.1, -0.05) is 23.7 Å². The Morgan fingerprint density at radius 2 is 2.04 bits per heavy atom. The number of para-hydroxylation sites is 1. The molecule has 1 aliphatic rings. The second kappa shape index (κ2) is 9.03. The zero-order valence-corrected chi connectivity index (χ0v) is 15.9. The molecule has 0 aromatic heterocycles. The van der Waals surface area contributed by atoms with Gasteiger partial charge < -0.3 is 20.6 Å². The Labute approximate surface area is 167 Å². The van der Waals surface area contributed by atoms with Crippen molar-refractivity contribution in [1.82, 2.24) is 4.90 Å². The number of amides is 2. The normalized spacial score (nSPS) is 16.5. The van der Waals surface area contributed by atoms with Crippen molar-refractivity contribution in [2.45, 2.75) is 18.9 Å². The minimum atomic E-state index is -0.562. The smallest absolute Gasteiger partial charge is 0.256 e. The van der Waals surface area contributed by atoms with Crippen LogP contribution < -0.4 is 10.6 Å². The van der Waals surface area contributed by atoms with Crippen LogP contribution in [0.2, 0.25) is 5.02 Å². The molecule has 6 nitrogen and oxygen atoms in total. The van der Waals surface area contributed by atoms with Gasteiger partial charge in [-0.25, -0.2) is 4.39 Å². The Hall–Kier alpha value is -2.64. The van der Waals surface area contributed by atoms with Crippen molar-refractivity contribution in [3.63, 3.8) is 0 Å². The summed E-state index contributed by atoms with van der Waals surface area (Å²) in [6, 6.07) is 10.8. The molecular formula is C20H21ClFN3O3. The predicted octanol–water partition coefficient (Wildman–Crippen LogP) is 3.13. The monoisotopic (exact) mass is 405 g/mol. The molecule has 0 aliphatic carbocycles. The largest absolute Gasteiger partial charge is 0.391 e. The summed E-state index contributed by atoms with van der Waals surface area (Å²) in [4.78, 5) is 26.6. The number of rotatable bonds is 5. The molecular weight excluding hydrogens is 385 g/mol. The first-order chi connectivity index (χ1) is 13.4. The van der Waals surface area contributed by atoms with Gasteiger partial charge in [-0.3, -0.25) is 9.59 Å². The van der Waals surface area contributed by atoms with Crippen LogP contribution in [0.1, 0.15) is 23.2 Å². The lowest BCUT2D eigenvalue weighted by Gasteiger charge is -2.30. The van der Waals surface area contributed by atoms with Crippen molar-refractivity contribution in [2.75, 3.05) is 30.3 Å². The van der Waals surface area contributed by atoms with Crippen LogP contribution in [0, 0.1) is 5.82 Å². The van der Waals surface area contributed by atoms with Crippen LogP contribution in [0.5, 0.6) is 0 Å². The van der Waals surface area contributed by atoms with Gasteiger partial charge >= 0.3 is 0 Å². The molecule has 0 spiro atoms. The number of aliphatic hydroxyl groups is 1. The minimum absolute atomic E-state index is 0.0783. The molecule has 0 radical (unpaired) electrons. The number of halogens is 2. The molecule has 1 unspecified atom stereocenters. The predicted molar refractivity (Wildman–Crippen MR) is 106 cm³/mol. The summed E-state index contributed by atoms with van der Waals surface area (Å²) in [5.74, 6) is -1.11. The number of likely N-dealkylation sites (tertiary alicyclic amines) is 1. The molecule has 1 heterocycles. The van der Waals surface area contributed by atoms with E-state index in [1.807, 2.05) is 0 Å². The van der Waals surface area contributed by atoms with E-state index in [1.54, 1.807) is 29.2 Å². The zero-order chi connectivity index (χ0) is 20.1. The molecule has 1 aliphatic heterocycles. The molecule has 8 heteroatoms. The molecule has 28 heavy (non-hydrogen) atoms. The van der Waals surface area contributed by atoms with Crippen molar-refractivity contribution >= 4 is 34.8 Å². The number of carbonyl (C=O) groups excluding carboxylic acids is 2. The van der Waals surface area contributed by atoms with Gasteiger partial charge in [-0.05, 0) is 43.2 Å². The van der Waals surface area contributed by atoms with E-state index in [4.69, 9.17) is 11.6 Å². The highest BCUT2D eigenvalue weighted by Gasteiger charge is 2.24. The molecule has 2 amide bonds. The lowest BCUT2D eigenvalue weighted by atomic mass is 10.1. The summed E-state index contributed by atoms with van der Waals surface area (Å²) in [7, 11) is 0. The van der Waals surface area contributed by atoms with Crippen LogP contribution in [0.15, 0.2) is 42.5 Å². The number of anilines is 2. The fraction of sp³-hybridized carbons (Fsp3) is 0.300. The highest BCUT2D eigenvalue weighted by Crippen LogP contribution is 2.21. The highest BCUT2D eigenvalue weighted by atomic mass is 35.5. The molecule has 0 saturated carbocycles. The van der Waals surface area contributed by atoms with E-state index in [2.05, 4.69) is 10.6 Å². The maximum absolute atomic E-state index is 13.2. The minimum Gasteiger partial charge on any atom is -0.391 e. The number of nitrogens with one attached hydrogen (secondary N) is 2. The topological polar surface area (TPSA) is 81.7 Å². The van der Waals surface area contributed by atoms with E-state index < -0.39 is 11.9 Å². The molecule has 3 rings (SSSR count). The second-order valence-corrected chi connectivity index (χ2v) is 7.03. The van der Waals surface area contributed by atoms with Gasteiger partial charge in [0.1, 0.15) is 5.82 Å². The Morgan fingerprint density at radius 3 is 2.79 bits per heavy atom. The van der Waals surface area contributed by atoms with E-state index in [1.165, 1.54) is 18.2 Å². The lowest BCUT2D eigenvalue weighted by Crippen LogP contribution is -2.42. The van der Waals surface area contributed by atoms with Crippen LogP contribution in [0.25, 0.3) is 0 Å². The standard InChI is InChI=1S/C20H21ClFN3O3/c21-16-10-13(7-8-17(16)22)24-19(27)11-23-18-6-2-1-5-15(18)20(28)25-9-3-4-14(26)12-25/h1-2,5-8,10,14,23,26H,3-4,9,11-12H2,(H,24,27). The van der Waals surface area contributed by atoms with Gasteiger partial charge in [0.25, 0.3) is 5.91 Å². The molecule has 0 bridgehead atoms. The fourth-order valence-electron chi connectivity index (χ4n) is 3.09. The van der Waals surface area contributed by atoms with Crippen LogP contribution >= 0.6 is 11.6 Å². The number of β-amino-alcohol motifs (C(OH)–C–C–N with tert-alkyl or cyclic N) is 1. The maximum Gasteiger partial charge on any atom is 0.256 e.